The first-order valence-electron chi connectivity index (χ1n) is 6.05. The van der Waals surface area contributed by atoms with Crippen LogP contribution in [0.4, 0.5) is 5.69 Å². The number of benzene rings is 2. The number of carbonyl (C=O) groups excluding carboxylic acids is 1. The Kier molecular flexibility index (Phi) is 3.80. The van der Waals surface area contributed by atoms with E-state index >= 15 is 0 Å². The topological polar surface area (TPSA) is 107 Å². The average Bonchev–Trinajstić information content (AvgIpc) is 2.39. The van der Waals surface area contributed by atoms with Crippen molar-refractivity contribution >= 4 is 17.6 Å². The monoisotopic (exact) mass is 287 g/mol. The van der Waals surface area contributed by atoms with Crippen LogP contribution in [-0.2, 0) is 0 Å². The average molecular weight is 287 g/mol. The fourth-order valence-electron chi connectivity index (χ4n) is 1.86. The number of carboxylic acid groups (broad SMARTS) is 1. The highest BCUT2D eigenvalue weighted by Crippen LogP contribution is 2.22. The van der Waals surface area contributed by atoms with Crippen LogP contribution in [0.2, 0.25) is 0 Å². The molecule has 0 aliphatic rings. The summed E-state index contributed by atoms with van der Waals surface area (Å²) in [5.41, 5.74) is 1.26. The zero-order chi connectivity index (χ0) is 15.6. The molecule has 0 saturated heterocycles. The number of anilines is 1. The first kappa shape index (κ1) is 14.4. The number of rotatable bonds is 3. The van der Waals surface area contributed by atoms with E-state index in [-0.39, 0.29) is 22.6 Å². The highest BCUT2D eigenvalue weighted by atomic mass is 16.4. The highest BCUT2D eigenvalue weighted by molar-refractivity contribution is 6.05. The summed E-state index contributed by atoms with van der Waals surface area (Å²) in [4.78, 5) is 22.9. The van der Waals surface area contributed by atoms with Crippen LogP contribution in [0.25, 0.3) is 0 Å². The molecule has 0 spiro atoms. The molecule has 0 fully saturated rings. The number of aryl methyl sites for hydroxylation is 1. The summed E-state index contributed by atoms with van der Waals surface area (Å²) in [6, 6.07) is 7.86. The summed E-state index contributed by atoms with van der Waals surface area (Å²) in [5, 5.41) is 30.2. The molecule has 4 N–H and O–H groups in total. The van der Waals surface area contributed by atoms with Gasteiger partial charge in [-0.1, -0.05) is 0 Å². The van der Waals surface area contributed by atoms with Crippen LogP contribution in [0, 0.1) is 6.92 Å². The molecule has 0 atom stereocenters. The number of hydrogen-bond donors (Lipinski definition) is 4. The van der Waals surface area contributed by atoms with Gasteiger partial charge in [0.1, 0.15) is 11.5 Å². The summed E-state index contributed by atoms with van der Waals surface area (Å²) < 4.78 is 0. The van der Waals surface area contributed by atoms with Crippen molar-refractivity contribution in [1.82, 2.24) is 0 Å². The third-order valence-corrected chi connectivity index (χ3v) is 2.89. The van der Waals surface area contributed by atoms with Gasteiger partial charge in [-0.25, -0.2) is 4.79 Å². The molecule has 0 heterocycles. The first-order chi connectivity index (χ1) is 9.86. The largest absolute Gasteiger partial charge is 0.508 e. The second kappa shape index (κ2) is 5.54. The van der Waals surface area contributed by atoms with Crippen molar-refractivity contribution in [2.45, 2.75) is 6.92 Å². The molecule has 2 aromatic carbocycles. The Labute approximate surface area is 120 Å². The Morgan fingerprint density at radius 3 is 2.10 bits per heavy atom. The van der Waals surface area contributed by atoms with Crippen molar-refractivity contribution in [3.05, 3.63) is 53.1 Å². The van der Waals surface area contributed by atoms with E-state index in [0.29, 0.717) is 11.3 Å². The number of phenolic OH excluding ortho intramolecular Hbond substituents is 2. The molecule has 0 radical (unpaired) electrons. The maximum Gasteiger partial charge on any atom is 0.335 e. The molecule has 0 saturated carbocycles. The van der Waals surface area contributed by atoms with Crippen LogP contribution in [0.3, 0.4) is 0 Å². The van der Waals surface area contributed by atoms with Gasteiger partial charge in [0.05, 0.1) is 5.56 Å². The van der Waals surface area contributed by atoms with Gasteiger partial charge in [0, 0.05) is 17.3 Å². The molecule has 1 amide bonds. The van der Waals surface area contributed by atoms with E-state index in [1.54, 1.807) is 6.92 Å². The second-order valence-corrected chi connectivity index (χ2v) is 4.53. The normalized spacial score (nSPS) is 10.1. The molecule has 2 rings (SSSR count). The van der Waals surface area contributed by atoms with Crippen molar-refractivity contribution in [3.8, 4) is 11.5 Å². The number of aromatic hydroxyl groups is 2. The molecule has 21 heavy (non-hydrogen) atoms. The molecule has 0 unspecified atom stereocenters. The SMILES string of the molecule is Cc1cc(C(=O)O)ccc1NC(=O)c1cc(O)cc(O)c1. The van der Waals surface area contributed by atoms with Crippen LogP contribution in [0.1, 0.15) is 26.3 Å². The summed E-state index contributed by atoms with van der Waals surface area (Å²) in [6.07, 6.45) is 0. The van der Waals surface area contributed by atoms with Crippen LogP contribution in [0.5, 0.6) is 11.5 Å². The molecular weight excluding hydrogens is 274 g/mol. The third kappa shape index (κ3) is 3.30. The van der Waals surface area contributed by atoms with Gasteiger partial charge >= 0.3 is 5.97 Å². The zero-order valence-corrected chi connectivity index (χ0v) is 11.1. The minimum absolute atomic E-state index is 0.0919. The fourth-order valence-corrected chi connectivity index (χ4v) is 1.86. The lowest BCUT2D eigenvalue weighted by atomic mass is 10.1. The van der Waals surface area contributed by atoms with E-state index in [4.69, 9.17) is 5.11 Å². The van der Waals surface area contributed by atoms with Crippen LogP contribution >= 0.6 is 0 Å². The van der Waals surface area contributed by atoms with Gasteiger partial charge < -0.3 is 20.6 Å². The van der Waals surface area contributed by atoms with Gasteiger partial charge in [-0.05, 0) is 42.8 Å². The molecule has 0 bridgehead atoms. The third-order valence-electron chi connectivity index (χ3n) is 2.89. The Balaban J connectivity index is 2.25. The number of phenols is 2. The van der Waals surface area contributed by atoms with E-state index in [9.17, 15) is 19.8 Å². The van der Waals surface area contributed by atoms with Crippen LogP contribution in [-0.4, -0.2) is 27.2 Å². The Hall–Kier alpha value is -3.02. The lowest BCUT2D eigenvalue weighted by Gasteiger charge is -2.09. The number of hydrogen-bond acceptors (Lipinski definition) is 4. The van der Waals surface area contributed by atoms with Gasteiger partial charge in [-0.15, -0.1) is 0 Å². The van der Waals surface area contributed by atoms with Gasteiger partial charge in [0.25, 0.3) is 5.91 Å². The smallest absolute Gasteiger partial charge is 0.335 e. The Morgan fingerprint density at radius 2 is 1.57 bits per heavy atom. The molecule has 0 aliphatic carbocycles. The number of aromatic carboxylic acids is 1. The number of nitrogens with one attached hydrogen (secondary N) is 1. The molecule has 0 aromatic heterocycles. The van der Waals surface area contributed by atoms with Gasteiger partial charge in [-0.3, -0.25) is 4.79 Å². The van der Waals surface area contributed by atoms with Gasteiger partial charge in [-0.2, -0.15) is 0 Å². The molecular formula is C15H13NO5. The number of carbonyl (C=O) groups is 2. The number of carboxylic acids is 1. The first-order valence-corrected chi connectivity index (χ1v) is 6.05. The summed E-state index contributed by atoms with van der Waals surface area (Å²) in [5.74, 6) is -2.02. The van der Waals surface area contributed by atoms with Gasteiger partial charge in [0.15, 0.2) is 0 Å². The predicted molar refractivity (Wildman–Crippen MR) is 75.9 cm³/mol. The second-order valence-electron chi connectivity index (χ2n) is 4.53. The van der Waals surface area contributed by atoms with Crippen molar-refractivity contribution < 1.29 is 24.9 Å². The maximum absolute atomic E-state index is 12.0. The minimum Gasteiger partial charge on any atom is -0.508 e. The summed E-state index contributed by atoms with van der Waals surface area (Å²) >= 11 is 0. The lowest BCUT2D eigenvalue weighted by Crippen LogP contribution is -2.13. The standard InChI is InChI=1S/C15H13NO5/c1-8-4-9(15(20)21)2-3-13(8)16-14(19)10-5-11(17)7-12(18)6-10/h2-7,17-18H,1H3,(H,16,19)(H,20,21). The van der Waals surface area contributed by atoms with Crippen molar-refractivity contribution in [3.63, 3.8) is 0 Å². The zero-order valence-electron chi connectivity index (χ0n) is 11.1. The fraction of sp³-hybridized carbons (Fsp3) is 0.0667. The van der Waals surface area contributed by atoms with E-state index in [0.717, 1.165) is 6.07 Å². The van der Waals surface area contributed by atoms with Crippen LogP contribution in [0.15, 0.2) is 36.4 Å². The quantitative estimate of drug-likeness (QED) is 0.693. The predicted octanol–water partition coefficient (Wildman–Crippen LogP) is 2.36. The number of amides is 1. The molecule has 6 heteroatoms. The molecule has 0 aliphatic heterocycles. The molecule has 6 nitrogen and oxygen atoms in total. The molecule has 108 valence electrons. The molecule has 2 aromatic rings. The Morgan fingerprint density at radius 1 is 0.952 bits per heavy atom. The van der Waals surface area contributed by atoms with E-state index < -0.39 is 11.9 Å². The van der Waals surface area contributed by atoms with Crippen molar-refractivity contribution in [2.24, 2.45) is 0 Å². The minimum atomic E-state index is -1.05. The van der Waals surface area contributed by atoms with Crippen molar-refractivity contribution in [1.29, 1.82) is 0 Å². The maximum atomic E-state index is 12.0. The van der Waals surface area contributed by atoms with E-state index in [2.05, 4.69) is 5.32 Å². The summed E-state index contributed by atoms with van der Waals surface area (Å²) in [6.45, 7) is 1.67. The van der Waals surface area contributed by atoms with Crippen LogP contribution < -0.4 is 5.32 Å². The van der Waals surface area contributed by atoms with E-state index in [1.807, 2.05) is 0 Å². The van der Waals surface area contributed by atoms with E-state index in [1.165, 1.54) is 30.3 Å². The lowest BCUT2D eigenvalue weighted by molar-refractivity contribution is 0.0696. The summed E-state index contributed by atoms with van der Waals surface area (Å²) in [7, 11) is 0. The van der Waals surface area contributed by atoms with Crippen molar-refractivity contribution in [2.75, 3.05) is 5.32 Å². The Bertz CT molecular complexity index is 704. The van der Waals surface area contributed by atoms with Gasteiger partial charge in [0.2, 0.25) is 0 Å². The highest BCUT2D eigenvalue weighted by Gasteiger charge is 2.11.